The normalized spacial score (nSPS) is 51.6. The summed E-state index contributed by atoms with van der Waals surface area (Å²) < 4.78 is 5.76. The highest BCUT2D eigenvalue weighted by Gasteiger charge is 2.65. The molecule has 1 heterocycles. The van der Waals surface area contributed by atoms with E-state index in [1.54, 1.807) is 5.57 Å². The van der Waals surface area contributed by atoms with Crippen molar-refractivity contribution in [1.82, 2.24) is 0 Å². The Labute approximate surface area is 202 Å². The molecular formula is C30H50O3. The molecule has 5 aliphatic rings. The first-order chi connectivity index (χ1) is 15.2. The first-order valence-electron chi connectivity index (χ1n) is 13.9. The van der Waals surface area contributed by atoms with E-state index in [0.717, 1.165) is 19.3 Å². The van der Waals surface area contributed by atoms with Gasteiger partial charge in [-0.25, -0.2) is 0 Å². The molecule has 0 spiro atoms. The van der Waals surface area contributed by atoms with Crippen LogP contribution in [0.1, 0.15) is 107 Å². The molecule has 5 rings (SSSR count). The zero-order valence-corrected chi connectivity index (χ0v) is 22.6. The van der Waals surface area contributed by atoms with Gasteiger partial charge in [-0.1, -0.05) is 53.2 Å². The molecule has 0 amide bonds. The van der Waals surface area contributed by atoms with E-state index in [4.69, 9.17) is 4.74 Å². The van der Waals surface area contributed by atoms with Crippen LogP contribution in [0, 0.1) is 45.3 Å². The third-order valence-electron chi connectivity index (χ3n) is 12.6. The van der Waals surface area contributed by atoms with E-state index in [1.807, 2.05) is 0 Å². The molecule has 4 fully saturated rings. The summed E-state index contributed by atoms with van der Waals surface area (Å²) in [6.07, 6.45) is 11.4. The molecule has 2 N–H and O–H groups in total. The number of aliphatic hydroxyl groups is 2. The molecule has 10 atom stereocenters. The molecule has 0 radical (unpaired) electrons. The quantitative estimate of drug-likeness (QED) is 0.372. The Balaban J connectivity index is 1.40. The van der Waals surface area contributed by atoms with Gasteiger partial charge in [-0.2, -0.15) is 0 Å². The summed E-state index contributed by atoms with van der Waals surface area (Å²) in [5.41, 5.74) is 2.50. The van der Waals surface area contributed by atoms with Crippen molar-refractivity contribution in [2.24, 2.45) is 45.3 Å². The second kappa shape index (κ2) is 7.32. The first kappa shape index (κ1) is 24.3. The van der Waals surface area contributed by atoms with Crippen LogP contribution in [0.3, 0.4) is 0 Å². The van der Waals surface area contributed by atoms with E-state index >= 15 is 0 Å². The predicted octanol–water partition coefficient (Wildman–Crippen LogP) is 6.52. The zero-order chi connectivity index (χ0) is 24.2. The number of allylic oxidation sites excluding steroid dienone is 2. The number of aliphatic hydroxyl groups excluding tert-OH is 2. The van der Waals surface area contributed by atoms with Gasteiger partial charge in [0.1, 0.15) is 6.10 Å². The molecule has 188 valence electrons. The SMILES string of the molecule is C[C@@H](CC(O)C1OC1(C)C)[C@@H]1CC[C@]2(C)C3=CCC4C(C)(C)C(O)CC[C@]4(C)C3CCC12C. The second-order valence-electron chi connectivity index (χ2n) is 14.7. The Kier molecular flexibility index (Phi) is 5.40. The van der Waals surface area contributed by atoms with Crippen LogP contribution in [-0.2, 0) is 4.74 Å². The zero-order valence-electron chi connectivity index (χ0n) is 22.6. The molecular weight excluding hydrogens is 408 g/mol. The van der Waals surface area contributed by atoms with Crippen molar-refractivity contribution >= 4 is 0 Å². The fraction of sp³-hybridized carbons (Fsp3) is 0.933. The van der Waals surface area contributed by atoms with E-state index < -0.39 is 0 Å². The molecule has 6 unspecified atom stereocenters. The summed E-state index contributed by atoms with van der Waals surface area (Å²) in [7, 11) is 0. The highest BCUT2D eigenvalue weighted by Crippen LogP contribution is 2.73. The minimum absolute atomic E-state index is 0.00178. The lowest BCUT2D eigenvalue weighted by Crippen LogP contribution is -2.58. The average molecular weight is 459 g/mol. The molecule has 1 saturated heterocycles. The number of epoxide rings is 1. The number of hydrogen-bond donors (Lipinski definition) is 2. The van der Waals surface area contributed by atoms with Crippen molar-refractivity contribution < 1.29 is 14.9 Å². The first-order valence-corrected chi connectivity index (χ1v) is 13.9. The smallest absolute Gasteiger partial charge is 0.113 e. The van der Waals surface area contributed by atoms with Crippen molar-refractivity contribution in [2.45, 2.75) is 131 Å². The summed E-state index contributed by atoms with van der Waals surface area (Å²) >= 11 is 0. The predicted molar refractivity (Wildman–Crippen MR) is 134 cm³/mol. The third kappa shape index (κ3) is 3.23. The maximum Gasteiger partial charge on any atom is 0.113 e. The van der Waals surface area contributed by atoms with Gasteiger partial charge in [-0.05, 0) is 111 Å². The van der Waals surface area contributed by atoms with Crippen LogP contribution in [0.5, 0.6) is 0 Å². The number of rotatable bonds is 4. The molecule has 0 aromatic rings. The monoisotopic (exact) mass is 458 g/mol. The fourth-order valence-corrected chi connectivity index (χ4v) is 10.2. The van der Waals surface area contributed by atoms with E-state index in [0.29, 0.717) is 34.5 Å². The molecule has 3 heteroatoms. The second-order valence-corrected chi connectivity index (χ2v) is 14.7. The minimum Gasteiger partial charge on any atom is -0.393 e. The topological polar surface area (TPSA) is 53.0 Å². The Morgan fingerprint density at radius 3 is 2.30 bits per heavy atom. The van der Waals surface area contributed by atoms with Gasteiger partial charge < -0.3 is 14.9 Å². The van der Waals surface area contributed by atoms with Gasteiger partial charge in [0, 0.05) is 0 Å². The largest absolute Gasteiger partial charge is 0.393 e. The van der Waals surface area contributed by atoms with Gasteiger partial charge in [0.05, 0.1) is 17.8 Å². The summed E-state index contributed by atoms with van der Waals surface area (Å²) in [5.74, 6) is 2.42. The van der Waals surface area contributed by atoms with Gasteiger partial charge >= 0.3 is 0 Å². The van der Waals surface area contributed by atoms with Crippen LogP contribution < -0.4 is 0 Å². The van der Waals surface area contributed by atoms with E-state index in [9.17, 15) is 10.2 Å². The lowest BCUT2D eigenvalue weighted by molar-refractivity contribution is -0.131. The van der Waals surface area contributed by atoms with Crippen molar-refractivity contribution in [3.8, 4) is 0 Å². The summed E-state index contributed by atoms with van der Waals surface area (Å²) in [4.78, 5) is 0. The van der Waals surface area contributed by atoms with Gasteiger partial charge in [0.15, 0.2) is 0 Å². The van der Waals surface area contributed by atoms with Gasteiger partial charge in [-0.3, -0.25) is 0 Å². The lowest BCUT2D eigenvalue weighted by Gasteiger charge is -2.64. The van der Waals surface area contributed by atoms with Gasteiger partial charge in [-0.15, -0.1) is 0 Å². The summed E-state index contributed by atoms with van der Waals surface area (Å²) in [6.45, 7) is 19.0. The molecule has 33 heavy (non-hydrogen) atoms. The Morgan fingerprint density at radius 2 is 1.67 bits per heavy atom. The van der Waals surface area contributed by atoms with Crippen LogP contribution in [0.15, 0.2) is 11.6 Å². The number of ether oxygens (including phenoxy) is 1. The Hall–Kier alpha value is -0.380. The maximum absolute atomic E-state index is 10.9. The molecule has 1 aliphatic heterocycles. The standard InChI is InChI=1S/C30H50O3/c1-18(17-22(31)25-27(4,5)33-25)19-11-15-30(8)21-9-10-23-26(2,3)24(32)13-14-28(23,6)20(21)12-16-29(19,30)7/h9,18-20,22-25,31-32H,10-17H2,1-8H3/t18-,19-,20?,22?,23?,24?,25?,28+,29?,30+/m0/s1. The Bertz CT molecular complexity index is 828. The van der Waals surface area contributed by atoms with Crippen molar-refractivity contribution in [3.05, 3.63) is 11.6 Å². The number of hydrogen-bond acceptors (Lipinski definition) is 3. The molecule has 3 nitrogen and oxygen atoms in total. The lowest BCUT2D eigenvalue weighted by atomic mass is 9.41. The fourth-order valence-electron chi connectivity index (χ4n) is 10.2. The summed E-state index contributed by atoms with van der Waals surface area (Å²) in [6, 6.07) is 0. The van der Waals surface area contributed by atoms with Gasteiger partial charge in [0.25, 0.3) is 0 Å². The molecule has 4 aliphatic carbocycles. The van der Waals surface area contributed by atoms with Gasteiger partial charge in [0.2, 0.25) is 0 Å². The van der Waals surface area contributed by atoms with Crippen LogP contribution in [0.2, 0.25) is 0 Å². The van der Waals surface area contributed by atoms with E-state index in [1.165, 1.54) is 32.1 Å². The molecule has 3 saturated carbocycles. The highest BCUT2D eigenvalue weighted by atomic mass is 16.6. The molecule has 0 aromatic heterocycles. The average Bonchev–Trinajstić information content (AvgIpc) is 3.26. The summed E-state index contributed by atoms with van der Waals surface area (Å²) in [5, 5.41) is 21.7. The van der Waals surface area contributed by atoms with E-state index in [2.05, 4.69) is 61.5 Å². The maximum atomic E-state index is 10.9. The van der Waals surface area contributed by atoms with Crippen molar-refractivity contribution in [1.29, 1.82) is 0 Å². The molecule has 0 bridgehead atoms. The molecule has 0 aromatic carbocycles. The van der Waals surface area contributed by atoms with Crippen LogP contribution in [0.25, 0.3) is 0 Å². The van der Waals surface area contributed by atoms with Crippen LogP contribution in [0.4, 0.5) is 0 Å². The van der Waals surface area contributed by atoms with E-state index in [-0.39, 0.29) is 34.7 Å². The highest BCUT2D eigenvalue weighted by molar-refractivity contribution is 5.33. The minimum atomic E-state index is -0.341. The van der Waals surface area contributed by atoms with Crippen LogP contribution in [-0.4, -0.2) is 34.1 Å². The van der Waals surface area contributed by atoms with Crippen LogP contribution >= 0.6 is 0 Å². The third-order valence-corrected chi connectivity index (χ3v) is 12.6. The Morgan fingerprint density at radius 1 is 1.00 bits per heavy atom. The number of fused-ring (bicyclic) bond motifs is 5. The van der Waals surface area contributed by atoms with Crippen molar-refractivity contribution in [3.63, 3.8) is 0 Å². The van der Waals surface area contributed by atoms with Crippen molar-refractivity contribution in [2.75, 3.05) is 0 Å².